The molecule has 1 heterocycles. The molecular weight excluding hydrogens is 261 g/mol. The molecule has 0 aliphatic carbocycles. The quantitative estimate of drug-likeness (QED) is 0.910. The minimum Gasteiger partial charge on any atom is -0.497 e. The SMILES string of the molecule is COc1ccc(CNc2ncnc(C)c2F)c(OC)c1. The van der Waals surface area contributed by atoms with E-state index in [0.717, 1.165) is 5.56 Å². The van der Waals surface area contributed by atoms with Crippen molar-refractivity contribution in [2.24, 2.45) is 0 Å². The van der Waals surface area contributed by atoms with Crippen LogP contribution >= 0.6 is 0 Å². The summed E-state index contributed by atoms with van der Waals surface area (Å²) in [5.74, 6) is 1.10. The maximum Gasteiger partial charge on any atom is 0.186 e. The van der Waals surface area contributed by atoms with Gasteiger partial charge >= 0.3 is 0 Å². The minimum atomic E-state index is -0.444. The zero-order valence-electron chi connectivity index (χ0n) is 11.6. The standard InChI is InChI=1S/C14H16FN3O2/c1-9-13(15)14(18-8-17-9)16-7-10-4-5-11(19-2)6-12(10)20-3/h4-6,8H,7H2,1-3H3,(H,16,17,18). The molecule has 0 saturated carbocycles. The number of aryl methyl sites for hydroxylation is 1. The normalized spacial score (nSPS) is 10.2. The molecule has 0 saturated heterocycles. The van der Waals surface area contributed by atoms with Gasteiger partial charge in [-0.15, -0.1) is 0 Å². The first-order chi connectivity index (χ1) is 9.65. The van der Waals surface area contributed by atoms with Crippen LogP contribution in [0.3, 0.4) is 0 Å². The number of hydrogen-bond acceptors (Lipinski definition) is 5. The highest BCUT2D eigenvalue weighted by molar-refractivity contribution is 5.44. The van der Waals surface area contributed by atoms with E-state index in [2.05, 4.69) is 15.3 Å². The third-order valence-electron chi connectivity index (χ3n) is 2.90. The third kappa shape index (κ3) is 2.96. The Morgan fingerprint density at radius 1 is 1.20 bits per heavy atom. The molecule has 20 heavy (non-hydrogen) atoms. The lowest BCUT2D eigenvalue weighted by molar-refractivity contribution is 0.391. The second-order valence-corrected chi connectivity index (χ2v) is 4.15. The van der Waals surface area contributed by atoms with Crippen LogP contribution in [-0.2, 0) is 6.54 Å². The second kappa shape index (κ2) is 6.18. The average molecular weight is 277 g/mol. The molecule has 2 aromatic rings. The number of anilines is 1. The zero-order valence-corrected chi connectivity index (χ0v) is 11.6. The summed E-state index contributed by atoms with van der Waals surface area (Å²) in [5, 5.41) is 2.94. The topological polar surface area (TPSA) is 56.3 Å². The first-order valence-electron chi connectivity index (χ1n) is 6.07. The van der Waals surface area contributed by atoms with Gasteiger partial charge in [0, 0.05) is 18.2 Å². The van der Waals surface area contributed by atoms with Gasteiger partial charge < -0.3 is 14.8 Å². The van der Waals surface area contributed by atoms with E-state index in [1.54, 1.807) is 27.2 Å². The molecule has 0 radical (unpaired) electrons. The molecule has 6 heteroatoms. The third-order valence-corrected chi connectivity index (χ3v) is 2.90. The fourth-order valence-corrected chi connectivity index (χ4v) is 1.76. The number of rotatable bonds is 5. The Balaban J connectivity index is 2.16. The fraction of sp³-hybridized carbons (Fsp3) is 0.286. The van der Waals surface area contributed by atoms with Crippen molar-refractivity contribution in [1.82, 2.24) is 9.97 Å². The van der Waals surface area contributed by atoms with Gasteiger partial charge in [-0.2, -0.15) is 0 Å². The van der Waals surface area contributed by atoms with Crippen LogP contribution in [-0.4, -0.2) is 24.2 Å². The molecule has 5 nitrogen and oxygen atoms in total. The summed E-state index contributed by atoms with van der Waals surface area (Å²) < 4.78 is 24.2. The van der Waals surface area contributed by atoms with E-state index in [-0.39, 0.29) is 5.82 Å². The molecule has 1 N–H and O–H groups in total. The van der Waals surface area contributed by atoms with Gasteiger partial charge in [-0.3, -0.25) is 0 Å². The summed E-state index contributed by atoms with van der Waals surface area (Å²) >= 11 is 0. The van der Waals surface area contributed by atoms with E-state index >= 15 is 0 Å². The predicted molar refractivity (Wildman–Crippen MR) is 73.6 cm³/mol. The molecular formula is C14H16FN3O2. The van der Waals surface area contributed by atoms with E-state index in [1.165, 1.54) is 6.33 Å². The fourth-order valence-electron chi connectivity index (χ4n) is 1.76. The summed E-state index contributed by atoms with van der Waals surface area (Å²) in [6.07, 6.45) is 1.33. The van der Waals surface area contributed by atoms with Crippen molar-refractivity contribution >= 4 is 5.82 Å². The van der Waals surface area contributed by atoms with Gasteiger partial charge in [-0.1, -0.05) is 0 Å². The molecule has 1 aromatic carbocycles. The zero-order chi connectivity index (χ0) is 14.5. The number of halogens is 1. The van der Waals surface area contributed by atoms with Crippen LogP contribution in [0.2, 0.25) is 0 Å². The Bertz CT molecular complexity index is 605. The Morgan fingerprint density at radius 2 is 2.00 bits per heavy atom. The maximum absolute atomic E-state index is 13.8. The molecule has 0 atom stereocenters. The molecule has 1 aromatic heterocycles. The molecule has 106 valence electrons. The lowest BCUT2D eigenvalue weighted by Gasteiger charge is -2.12. The Hall–Kier alpha value is -2.37. The number of hydrogen-bond donors (Lipinski definition) is 1. The molecule has 0 spiro atoms. The van der Waals surface area contributed by atoms with Crippen molar-refractivity contribution < 1.29 is 13.9 Å². The van der Waals surface area contributed by atoms with Gasteiger partial charge in [0.25, 0.3) is 0 Å². The molecule has 0 aliphatic rings. The van der Waals surface area contributed by atoms with Crippen LogP contribution in [0.25, 0.3) is 0 Å². The maximum atomic E-state index is 13.8. The molecule has 0 amide bonds. The van der Waals surface area contributed by atoms with Gasteiger partial charge in [0.15, 0.2) is 11.6 Å². The largest absolute Gasteiger partial charge is 0.497 e. The number of aromatic nitrogens is 2. The Kier molecular flexibility index (Phi) is 4.34. The molecule has 2 rings (SSSR count). The molecule has 0 fully saturated rings. The van der Waals surface area contributed by atoms with Gasteiger partial charge in [-0.05, 0) is 19.1 Å². The highest BCUT2D eigenvalue weighted by Gasteiger charge is 2.09. The van der Waals surface area contributed by atoms with Gasteiger partial charge in [0.1, 0.15) is 17.8 Å². The number of methoxy groups -OCH3 is 2. The monoisotopic (exact) mass is 277 g/mol. The summed E-state index contributed by atoms with van der Waals surface area (Å²) in [6, 6.07) is 5.45. The summed E-state index contributed by atoms with van der Waals surface area (Å²) in [7, 11) is 3.17. The van der Waals surface area contributed by atoms with Crippen molar-refractivity contribution in [2.75, 3.05) is 19.5 Å². The molecule has 0 bridgehead atoms. The van der Waals surface area contributed by atoms with E-state index in [9.17, 15) is 4.39 Å². The average Bonchev–Trinajstić information content (AvgIpc) is 2.48. The van der Waals surface area contributed by atoms with Gasteiger partial charge in [0.2, 0.25) is 0 Å². The van der Waals surface area contributed by atoms with E-state index in [4.69, 9.17) is 9.47 Å². The van der Waals surface area contributed by atoms with Crippen LogP contribution in [0.4, 0.5) is 10.2 Å². The first-order valence-corrected chi connectivity index (χ1v) is 6.07. The van der Waals surface area contributed by atoms with Gasteiger partial charge in [-0.25, -0.2) is 14.4 Å². The summed E-state index contributed by atoms with van der Waals surface area (Å²) in [4.78, 5) is 7.66. The first kappa shape index (κ1) is 14.0. The van der Waals surface area contributed by atoms with Crippen LogP contribution in [0.15, 0.2) is 24.5 Å². The lowest BCUT2D eigenvalue weighted by Crippen LogP contribution is -2.06. The number of benzene rings is 1. The predicted octanol–water partition coefficient (Wildman–Crippen LogP) is 2.55. The lowest BCUT2D eigenvalue weighted by atomic mass is 10.2. The Morgan fingerprint density at radius 3 is 2.70 bits per heavy atom. The highest BCUT2D eigenvalue weighted by atomic mass is 19.1. The van der Waals surface area contributed by atoms with Crippen molar-refractivity contribution in [1.29, 1.82) is 0 Å². The summed E-state index contributed by atoms with van der Waals surface area (Å²) in [5.41, 5.74) is 1.19. The molecule has 0 aliphatic heterocycles. The van der Waals surface area contributed by atoms with Crippen molar-refractivity contribution in [3.05, 3.63) is 41.6 Å². The summed E-state index contributed by atoms with van der Waals surface area (Å²) in [6.45, 7) is 1.98. The van der Waals surface area contributed by atoms with E-state index < -0.39 is 5.82 Å². The number of nitrogens with zero attached hydrogens (tertiary/aromatic N) is 2. The van der Waals surface area contributed by atoms with Crippen LogP contribution in [0, 0.1) is 12.7 Å². The number of ether oxygens (including phenoxy) is 2. The molecule has 0 unspecified atom stereocenters. The minimum absolute atomic E-state index is 0.176. The van der Waals surface area contributed by atoms with Crippen LogP contribution in [0.5, 0.6) is 11.5 Å². The van der Waals surface area contributed by atoms with Crippen molar-refractivity contribution in [3.63, 3.8) is 0 Å². The second-order valence-electron chi connectivity index (χ2n) is 4.15. The smallest absolute Gasteiger partial charge is 0.186 e. The number of nitrogens with one attached hydrogen (secondary N) is 1. The van der Waals surface area contributed by atoms with E-state index in [1.807, 2.05) is 12.1 Å². The Labute approximate surface area is 116 Å². The van der Waals surface area contributed by atoms with Crippen molar-refractivity contribution in [2.45, 2.75) is 13.5 Å². The highest BCUT2D eigenvalue weighted by Crippen LogP contribution is 2.25. The van der Waals surface area contributed by atoms with Crippen LogP contribution < -0.4 is 14.8 Å². The van der Waals surface area contributed by atoms with Crippen LogP contribution in [0.1, 0.15) is 11.3 Å². The van der Waals surface area contributed by atoms with Gasteiger partial charge in [0.05, 0.1) is 19.9 Å². The van der Waals surface area contributed by atoms with Crippen molar-refractivity contribution in [3.8, 4) is 11.5 Å². The van der Waals surface area contributed by atoms with E-state index in [0.29, 0.717) is 23.7 Å².